The van der Waals surface area contributed by atoms with Crippen LogP contribution in [0.5, 0.6) is 5.75 Å². The van der Waals surface area contributed by atoms with Crippen LogP contribution in [0.15, 0.2) is 54.6 Å². The summed E-state index contributed by atoms with van der Waals surface area (Å²) in [6.45, 7) is 0. The van der Waals surface area contributed by atoms with Gasteiger partial charge in [0.1, 0.15) is 5.75 Å². The molecule has 23 heavy (non-hydrogen) atoms. The van der Waals surface area contributed by atoms with E-state index in [4.69, 9.17) is 5.84 Å². The molecule has 0 saturated heterocycles. The van der Waals surface area contributed by atoms with Crippen molar-refractivity contribution < 1.29 is 17.9 Å². The number of rotatable bonds is 3. The van der Waals surface area contributed by atoms with E-state index >= 15 is 0 Å². The fraction of sp³-hybridized carbons (Fsp3) is 0.0625. The Bertz CT molecular complexity index is 835. The van der Waals surface area contributed by atoms with E-state index in [-0.39, 0.29) is 5.75 Å². The normalized spacial score (nSPS) is 11.5. The number of benzene rings is 2. The van der Waals surface area contributed by atoms with Crippen molar-refractivity contribution >= 4 is 16.6 Å². The van der Waals surface area contributed by atoms with Crippen molar-refractivity contribution in [2.75, 3.05) is 5.43 Å². The summed E-state index contributed by atoms with van der Waals surface area (Å²) in [4.78, 5) is 4.46. The number of hydrogen-bond acceptors (Lipinski definition) is 4. The summed E-state index contributed by atoms with van der Waals surface area (Å²) in [5, 5.41) is 0.439. The lowest BCUT2D eigenvalue weighted by molar-refractivity contribution is -0.274. The Morgan fingerprint density at radius 1 is 1.00 bits per heavy atom. The van der Waals surface area contributed by atoms with E-state index in [1.807, 2.05) is 30.3 Å². The molecule has 1 aromatic heterocycles. The van der Waals surface area contributed by atoms with Crippen LogP contribution in [0.4, 0.5) is 18.9 Å². The van der Waals surface area contributed by atoms with Gasteiger partial charge in [0.05, 0.1) is 16.9 Å². The lowest BCUT2D eigenvalue weighted by Gasteiger charge is -2.12. The quantitative estimate of drug-likeness (QED) is 0.564. The number of pyridine rings is 1. The molecule has 0 aliphatic heterocycles. The predicted molar refractivity (Wildman–Crippen MR) is 81.7 cm³/mol. The number of hydrazine groups is 1. The molecule has 0 unspecified atom stereocenters. The van der Waals surface area contributed by atoms with Gasteiger partial charge in [0, 0.05) is 10.9 Å². The Hall–Kier alpha value is -2.80. The topological polar surface area (TPSA) is 60.2 Å². The van der Waals surface area contributed by atoms with E-state index in [0.29, 0.717) is 22.3 Å². The summed E-state index contributed by atoms with van der Waals surface area (Å²) < 4.78 is 40.9. The van der Waals surface area contributed by atoms with Gasteiger partial charge in [0.2, 0.25) is 0 Å². The second-order valence-electron chi connectivity index (χ2n) is 4.79. The van der Waals surface area contributed by atoms with E-state index in [9.17, 15) is 13.2 Å². The summed E-state index contributed by atoms with van der Waals surface area (Å²) >= 11 is 0. The number of fused-ring (bicyclic) bond motifs is 1. The van der Waals surface area contributed by atoms with Gasteiger partial charge in [-0.25, -0.2) is 4.98 Å². The number of ether oxygens (including phenoxy) is 1. The molecule has 0 aliphatic rings. The van der Waals surface area contributed by atoms with Crippen LogP contribution >= 0.6 is 0 Å². The first-order chi connectivity index (χ1) is 11.0. The van der Waals surface area contributed by atoms with Crippen LogP contribution in [0.25, 0.3) is 22.2 Å². The number of nitrogens with one attached hydrogen (secondary N) is 1. The third-order valence-electron chi connectivity index (χ3n) is 3.24. The van der Waals surface area contributed by atoms with Crippen LogP contribution < -0.4 is 16.0 Å². The lowest BCUT2D eigenvalue weighted by atomic mass is 10.1. The molecular weight excluding hydrogens is 307 g/mol. The smallest absolute Gasteiger partial charge is 0.406 e. The van der Waals surface area contributed by atoms with Crippen molar-refractivity contribution in [3.8, 4) is 17.0 Å². The number of anilines is 1. The fourth-order valence-corrected chi connectivity index (χ4v) is 2.28. The molecular formula is C16H12F3N3O. The van der Waals surface area contributed by atoms with Crippen LogP contribution in [0, 0.1) is 0 Å². The highest BCUT2D eigenvalue weighted by atomic mass is 19.4. The molecule has 0 aliphatic carbocycles. The summed E-state index contributed by atoms with van der Waals surface area (Å²) in [5.74, 6) is 5.18. The van der Waals surface area contributed by atoms with E-state index in [1.54, 1.807) is 6.07 Å². The number of nitrogens with two attached hydrogens (primary N) is 1. The highest BCUT2D eigenvalue weighted by Crippen LogP contribution is 2.32. The number of nitrogen functional groups attached to an aromatic ring is 1. The minimum Gasteiger partial charge on any atom is -0.406 e. The zero-order valence-electron chi connectivity index (χ0n) is 11.8. The molecule has 0 atom stereocenters. The highest BCUT2D eigenvalue weighted by Gasteiger charge is 2.31. The summed E-state index contributed by atoms with van der Waals surface area (Å²) in [6.07, 6.45) is -4.75. The van der Waals surface area contributed by atoms with Crippen LogP contribution in [0.2, 0.25) is 0 Å². The van der Waals surface area contributed by atoms with Gasteiger partial charge in [-0.2, -0.15) is 0 Å². The fourth-order valence-electron chi connectivity index (χ4n) is 2.28. The van der Waals surface area contributed by atoms with Crippen molar-refractivity contribution in [1.29, 1.82) is 0 Å². The van der Waals surface area contributed by atoms with E-state index in [0.717, 1.165) is 5.56 Å². The molecule has 0 amide bonds. The molecule has 3 N–H and O–H groups in total. The van der Waals surface area contributed by atoms with Crippen molar-refractivity contribution in [3.63, 3.8) is 0 Å². The monoisotopic (exact) mass is 319 g/mol. The molecule has 118 valence electrons. The van der Waals surface area contributed by atoms with Gasteiger partial charge < -0.3 is 10.2 Å². The first kappa shape index (κ1) is 15.1. The Balaban J connectivity index is 2.11. The minimum absolute atomic E-state index is 0.323. The zero-order chi connectivity index (χ0) is 16.4. The molecule has 3 aromatic rings. The van der Waals surface area contributed by atoms with Crippen molar-refractivity contribution in [2.45, 2.75) is 6.36 Å². The predicted octanol–water partition coefficient (Wildman–Crippen LogP) is 4.09. The lowest BCUT2D eigenvalue weighted by Crippen LogP contribution is -2.17. The number of nitrogens with zero attached hydrogens (tertiary/aromatic N) is 1. The molecule has 3 rings (SSSR count). The van der Waals surface area contributed by atoms with Crippen LogP contribution in [-0.2, 0) is 0 Å². The molecule has 0 radical (unpaired) electrons. The van der Waals surface area contributed by atoms with Gasteiger partial charge in [-0.15, -0.1) is 13.2 Å². The summed E-state index contributed by atoms with van der Waals surface area (Å²) in [7, 11) is 0. The second-order valence-corrected chi connectivity index (χ2v) is 4.79. The van der Waals surface area contributed by atoms with Crippen molar-refractivity contribution in [1.82, 2.24) is 4.98 Å². The number of alkyl halides is 3. The van der Waals surface area contributed by atoms with Gasteiger partial charge in [0.15, 0.2) is 0 Å². The third kappa shape index (κ3) is 3.35. The Morgan fingerprint density at radius 3 is 2.39 bits per heavy atom. The number of hydrogen-bond donors (Lipinski definition) is 2. The Kier molecular flexibility index (Phi) is 3.79. The van der Waals surface area contributed by atoms with Crippen LogP contribution in [0.1, 0.15) is 0 Å². The van der Waals surface area contributed by atoms with Gasteiger partial charge >= 0.3 is 6.36 Å². The summed E-state index contributed by atoms with van der Waals surface area (Å²) in [5.41, 5.74) is 5.00. The van der Waals surface area contributed by atoms with Gasteiger partial charge in [-0.1, -0.05) is 30.3 Å². The van der Waals surface area contributed by atoms with E-state index in [2.05, 4.69) is 15.1 Å². The molecule has 4 nitrogen and oxygen atoms in total. The molecule has 2 aromatic carbocycles. The number of aromatic nitrogens is 1. The largest absolute Gasteiger partial charge is 0.573 e. The van der Waals surface area contributed by atoms with Crippen LogP contribution in [0.3, 0.4) is 0 Å². The van der Waals surface area contributed by atoms with E-state index < -0.39 is 6.36 Å². The van der Waals surface area contributed by atoms with Gasteiger partial charge in [-0.05, 0) is 24.3 Å². The van der Waals surface area contributed by atoms with E-state index in [1.165, 1.54) is 18.2 Å². The maximum Gasteiger partial charge on any atom is 0.573 e. The molecule has 0 bridgehead atoms. The SMILES string of the molecule is NNc1cc(-c2ccccc2)nc2ccc(OC(F)(F)F)cc12. The first-order valence-electron chi connectivity index (χ1n) is 6.69. The second kappa shape index (κ2) is 5.77. The van der Waals surface area contributed by atoms with Crippen molar-refractivity contribution in [2.24, 2.45) is 5.84 Å². The molecule has 0 spiro atoms. The average Bonchev–Trinajstić information content (AvgIpc) is 2.53. The standard InChI is InChI=1S/C16H12F3N3O/c17-16(18,19)23-11-6-7-13-12(8-11)15(22-20)9-14(21-13)10-4-2-1-3-5-10/h1-9H,20H2,(H,21,22). The third-order valence-corrected chi connectivity index (χ3v) is 3.24. The highest BCUT2D eigenvalue weighted by molar-refractivity contribution is 5.94. The van der Waals surface area contributed by atoms with Crippen LogP contribution in [-0.4, -0.2) is 11.3 Å². The van der Waals surface area contributed by atoms with Crippen molar-refractivity contribution in [3.05, 3.63) is 54.6 Å². The molecule has 0 fully saturated rings. The molecule has 1 heterocycles. The molecule has 0 saturated carbocycles. The zero-order valence-corrected chi connectivity index (χ0v) is 11.8. The van der Waals surface area contributed by atoms with Gasteiger partial charge in [0.25, 0.3) is 0 Å². The maximum absolute atomic E-state index is 12.3. The number of halogens is 3. The Morgan fingerprint density at radius 2 is 1.74 bits per heavy atom. The minimum atomic E-state index is -4.75. The maximum atomic E-state index is 12.3. The molecule has 7 heteroatoms. The average molecular weight is 319 g/mol. The summed E-state index contributed by atoms with van der Waals surface area (Å²) in [6, 6.07) is 15.0. The van der Waals surface area contributed by atoms with Gasteiger partial charge in [-0.3, -0.25) is 5.84 Å². The Labute approximate surface area is 129 Å². The first-order valence-corrected chi connectivity index (χ1v) is 6.69.